The number of benzene rings is 1. The third-order valence-electron chi connectivity index (χ3n) is 6.26. The Hall–Kier alpha value is -2.38. The molecule has 32 heavy (non-hydrogen) atoms. The first-order valence-corrected chi connectivity index (χ1v) is 12.2. The number of methoxy groups -OCH3 is 1. The Balaban J connectivity index is 1.50. The van der Waals surface area contributed by atoms with Crippen LogP contribution in [0.2, 0.25) is 0 Å². The van der Waals surface area contributed by atoms with E-state index in [9.17, 15) is 9.59 Å². The number of aryl methyl sites for hydroxylation is 2. The van der Waals surface area contributed by atoms with Crippen LogP contribution in [0.5, 0.6) is 5.75 Å². The van der Waals surface area contributed by atoms with E-state index in [0.717, 1.165) is 36.1 Å². The van der Waals surface area contributed by atoms with Crippen molar-refractivity contribution in [2.24, 2.45) is 5.92 Å². The number of amides is 2. The third-order valence-corrected chi connectivity index (χ3v) is 7.26. The minimum absolute atomic E-state index is 0.00786. The van der Waals surface area contributed by atoms with Crippen molar-refractivity contribution >= 4 is 23.2 Å². The summed E-state index contributed by atoms with van der Waals surface area (Å²) in [5.41, 5.74) is 3.45. The van der Waals surface area contributed by atoms with E-state index in [-0.39, 0.29) is 31.0 Å². The van der Waals surface area contributed by atoms with Crippen molar-refractivity contribution in [2.75, 3.05) is 40.0 Å². The lowest BCUT2D eigenvalue weighted by atomic mass is 10.00. The molecule has 1 aromatic carbocycles. The summed E-state index contributed by atoms with van der Waals surface area (Å²) in [7, 11) is 1.51. The molecule has 0 saturated heterocycles. The Labute approximate surface area is 194 Å². The second-order valence-corrected chi connectivity index (χ2v) is 9.88. The summed E-state index contributed by atoms with van der Waals surface area (Å²) in [6.07, 6.45) is 3.09. The van der Waals surface area contributed by atoms with E-state index in [4.69, 9.17) is 9.47 Å². The molecule has 0 unspecified atom stereocenters. The maximum Gasteiger partial charge on any atom is 0.249 e. The Bertz CT molecular complexity index is 969. The molecule has 1 saturated carbocycles. The van der Waals surface area contributed by atoms with Crippen molar-refractivity contribution in [3.63, 3.8) is 0 Å². The Morgan fingerprint density at radius 2 is 2.03 bits per heavy atom. The molecule has 2 heterocycles. The number of thiophene rings is 1. The highest BCUT2D eigenvalue weighted by Gasteiger charge is 2.35. The molecule has 1 aliphatic carbocycles. The van der Waals surface area contributed by atoms with Gasteiger partial charge in [0.05, 0.1) is 12.6 Å². The van der Waals surface area contributed by atoms with E-state index in [0.29, 0.717) is 25.6 Å². The maximum atomic E-state index is 13.4. The molecule has 1 aliphatic heterocycles. The summed E-state index contributed by atoms with van der Waals surface area (Å²) >= 11 is 1.74. The van der Waals surface area contributed by atoms with Crippen LogP contribution in [0.15, 0.2) is 29.6 Å². The van der Waals surface area contributed by atoms with E-state index in [2.05, 4.69) is 24.4 Å². The third kappa shape index (κ3) is 5.33. The smallest absolute Gasteiger partial charge is 0.249 e. The maximum absolute atomic E-state index is 13.4. The average molecular weight is 457 g/mol. The van der Waals surface area contributed by atoms with Gasteiger partial charge in [-0.2, -0.15) is 0 Å². The van der Waals surface area contributed by atoms with Gasteiger partial charge in [0.2, 0.25) is 11.8 Å². The number of nitrogens with zero attached hydrogens (tertiary/aromatic N) is 2. The van der Waals surface area contributed by atoms with Crippen LogP contribution in [0.4, 0.5) is 0 Å². The van der Waals surface area contributed by atoms with E-state index in [1.165, 1.54) is 17.6 Å². The van der Waals surface area contributed by atoms with Crippen LogP contribution < -0.4 is 4.74 Å². The SMILES string of the molecule is COCC(=O)N(CC(=O)N1CCc2sccc2[C@@H]1COc1ccc(C)cc1C)CC1CC1. The highest BCUT2D eigenvalue weighted by Crippen LogP contribution is 2.35. The molecule has 1 aromatic heterocycles. The lowest BCUT2D eigenvalue weighted by molar-refractivity contribution is -0.144. The molecule has 7 heteroatoms. The quantitative estimate of drug-likeness (QED) is 0.577. The molecular formula is C25H32N2O4S. The number of rotatable bonds is 9. The largest absolute Gasteiger partial charge is 0.491 e. The molecule has 2 amide bonds. The first-order valence-electron chi connectivity index (χ1n) is 11.3. The first-order chi connectivity index (χ1) is 15.5. The van der Waals surface area contributed by atoms with Gasteiger partial charge in [0.15, 0.2) is 0 Å². The zero-order valence-corrected chi connectivity index (χ0v) is 20.0. The number of carbonyl (C=O) groups is 2. The van der Waals surface area contributed by atoms with Crippen molar-refractivity contribution in [3.8, 4) is 5.75 Å². The molecule has 0 N–H and O–H groups in total. The van der Waals surface area contributed by atoms with Gasteiger partial charge < -0.3 is 19.3 Å². The fourth-order valence-electron chi connectivity index (χ4n) is 4.34. The molecular weight excluding hydrogens is 424 g/mol. The number of hydrogen-bond donors (Lipinski definition) is 0. The van der Waals surface area contributed by atoms with E-state index < -0.39 is 0 Å². The van der Waals surface area contributed by atoms with Gasteiger partial charge in [-0.1, -0.05) is 17.7 Å². The topological polar surface area (TPSA) is 59.1 Å². The molecule has 0 spiro atoms. The minimum Gasteiger partial charge on any atom is -0.491 e. The van der Waals surface area contributed by atoms with Crippen molar-refractivity contribution < 1.29 is 19.1 Å². The molecule has 1 atom stereocenters. The number of ether oxygens (including phenoxy) is 2. The Kier molecular flexibility index (Phi) is 7.16. The summed E-state index contributed by atoms with van der Waals surface area (Å²) < 4.78 is 11.3. The summed E-state index contributed by atoms with van der Waals surface area (Å²) in [5, 5.41) is 2.09. The molecule has 0 bridgehead atoms. The second-order valence-electron chi connectivity index (χ2n) is 8.88. The number of fused-ring (bicyclic) bond motifs is 1. The van der Waals surface area contributed by atoms with Crippen LogP contribution in [-0.4, -0.2) is 61.6 Å². The molecule has 1 fully saturated rings. The van der Waals surface area contributed by atoms with Gasteiger partial charge in [0, 0.05) is 25.1 Å². The molecule has 4 rings (SSSR count). The van der Waals surface area contributed by atoms with Gasteiger partial charge in [0.25, 0.3) is 0 Å². The average Bonchev–Trinajstić information content (AvgIpc) is 3.45. The lowest BCUT2D eigenvalue weighted by Crippen LogP contribution is -2.48. The highest BCUT2D eigenvalue weighted by molar-refractivity contribution is 7.10. The van der Waals surface area contributed by atoms with Crippen LogP contribution in [0.3, 0.4) is 0 Å². The Morgan fingerprint density at radius 1 is 1.22 bits per heavy atom. The molecule has 0 radical (unpaired) electrons. The van der Waals surface area contributed by atoms with E-state index in [1.807, 2.05) is 24.0 Å². The predicted octanol–water partition coefficient (Wildman–Crippen LogP) is 3.75. The number of carbonyl (C=O) groups excluding carboxylic acids is 2. The van der Waals surface area contributed by atoms with Crippen molar-refractivity contribution in [3.05, 3.63) is 51.2 Å². The summed E-state index contributed by atoms with van der Waals surface area (Å²) in [5.74, 6) is 1.21. The summed E-state index contributed by atoms with van der Waals surface area (Å²) in [4.78, 5) is 30.9. The lowest BCUT2D eigenvalue weighted by Gasteiger charge is -2.37. The van der Waals surface area contributed by atoms with Gasteiger partial charge in [-0.3, -0.25) is 9.59 Å². The standard InChI is InChI=1S/C25H32N2O4S/c1-17-4-7-22(18(2)12-17)31-15-21-20-9-11-32-23(20)8-10-27(21)24(28)14-26(13-19-5-6-19)25(29)16-30-3/h4,7,9,11-12,19,21H,5-6,8,10,13-16H2,1-3H3/t21-/m0/s1. The van der Waals surface area contributed by atoms with Crippen molar-refractivity contribution in [1.29, 1.82) is 0 Å². The van der Waals surface area contributed by atoms with Crippen LogP contribution in [0, 0.1) is 19.8 Å². The Morgan fingerprint density at radius 3 is 2.75 bits per heavy atom. The minimum atomic E-state index is -0.154. The van der Waals surface area contributed by atoms with Crippen molar-refractivity contribution in [1.82, 2.24) is 9.80 Å². The first kappa shape index (κ1) is 22.8. The van der Waals surface area contributed by atoms with Gasteiger partial charge in [0.1, 0.15) is 19.0 Å². The predicted molar refractivity (Wildman–Crippen MR) is 125 cm³/mol. The van der Waals surface area contributed by atoms with Gasteiger partial charge in [-0.25, -0.2) is 0 Å². The van der Waals surface area contributed by atoms with Crippen LogP contribution >= 0.6 is 11.3 Å². The van der Waals surface area contributed by atoms with Gasteiger partial charge in [-0.15, -0.1) is 11.3 Å². The van der Waals surface area contributed by atoms with Gasteiger partial charge >= 0.3 is 0 Å². The summed E-state index contributed by atoms with van der Waals surface area (Å²) in [6, 6.07) is 8.09. The zero-order chi connectivity index (χ0) is 22.7. The summed E-state index contributed by atoms with van der Waals surface area (Å²) in [6.45, 7) is 5.88. The fourth-order valence-corrected chi connectivity index (χ4v) is 5.27. The molecule has 6 nitrogen and oxygen atoms in total. The second kappa shape index (κ2) is 10.0. The molecule has 172 valence electrons. The molecule has 2 aliphatic rings. The molecule has 2 aromatic rings. The van der Waals surface area contributed by atoms with Crippen LogP contribution in [0.1, 0.15) is 40.5 Å². The normalized spacial score (nSPS) is 17.7. The number of hydrogen-bond acceptors (Lipinski definition) is 5. The van der Waals surface area contributed by atoms with E-state index in [1.54, 1.807) is 16.2 Å². The van der Waals surface area contributed by atoms with Gasteiger partial charge in [-0.05, 0) is 67.7 Å². The zero-order valence-electron chi connectivity index (χ0n) is 19.1. The van der Waals surface area contributed by atoms with E-state index >= 15 is 0 Å². The van der Waals surface area contributed by atoms with Crippen molar-refractivity contribution in [2.45, 2.75) is 39.2 Å². The monoisotopic (exact) mass is 456 g/mol. The highest BCUT2D eigenvalue weighted by atomic mass is 32.1. The van der Waals surface area contributed by atoms with Crippen LogP contribution in [0.25, 0.3) is 0 Å². The fraction of sp³-hybridized carbons (Fsp3) is 0.520. The van der Waals surface area contributed by atoms with Crippen LogP contribution in [-0.2, 0) is 20.7 Å².